The Labute approximate surface area is 210 Å². The van der Waals surface area contributed by atoms with Crippen molar-refractivity contribution in [1.82, 2.24) is 24.5 Å². The molecule has 1 aliphatic heterocycles. The second-order valence-electron chi connectivity index (χ2n) is 8.90. The van der Waals surface area contributed by atoms with Crippen LogP contribution in [-0.2, 0) is 11.3 Å². The van der Waals surface area contributed by atoms with Crippen LogP contribution in [0.5, 0.6) is 5.75 Å². The van der Waals surface area contributed by atoms with Crippen molar-refractivity contribution >= 4 is 11.3 Å². The molecule has 0 aliphatic carbocycles. The number of fused-ring (bicyclic) bond motifs is 1. The predicted octanol–water partition coefficient (Wildman–Crippen LogP) is 3.40. The van der Waals surface area contributed by atoms with E-state index in [4.69, 9.17) is 14.5 Å². The van der Waals surface area contributed by atoms with Gasteiger partial charge in [-0.25, -0.2) is 9.50 Å². The summed E-state index contributed by atoms with van der Waals surface area (Å²) in [4.78, 5) is 13.9. The molecule has 0 bridgehead atoms. The SMILES string of the molecule is COC(C)COc1cc(-c2ccc(N3CCN(Cc4ccccn4)CC3)nc2)c2c(C#N)cnn2c1. The Bertz CT molecular complexity index is 1340. The Morgan fingerprint density at radius 2 is 1.94 bits per heavy atom. The van der Waals surface area contributed by atoms with Gasteiger partial charge in [0.15, 0.2) is 0 Å². The van der Waals surface area contributed by atoms with E-state index in [1.165, 1.54) is 0 Å². The highest BCUT2D eigenvalue weighted by Gasteiger charge is 2.19. The fraction of sp³-hybridized carbons (Fsp3) is 0.333. The molecule has 0 amide bonds. The van der Waals surface area contributed by atoms with Crippen molar-refractivity contribution in [2.24, 2.45) is 0 Å². The van der Waals surface area contributed by atoms with Gasteiger partial charge in [0.1, 0.15) is 24.2 Å². The maximum Gasteiger partial charge on any atom is 0.138 e. The number of piperazine rings is 1. The summed E-state index contributed by atoms with van der Waals surface area (Å²) in [6, 6.07) is 14.3. The van der Waals surface area contributed by atoms with Gasteiger partial charge in [0.2, 0.25) is 0 Å². The van der Waals surface area contributed by atoms with Crippen LogP contribution in [0.15, 0.2) is 61.2 Å². The van der Waals surface area contributed by atoms with Gasteiger partial charge in [0.05, 0.1) is 35.3 Å². The van der Waals surface area contributed by atoms with Crippen molar-refractivity contribution in [3.8, 4) is 22.9 Å². The van der Waals surface area contributed by atoms with E-state index in [1.54, 1.807) is 24.0 Å². The lowest BCUT2D eigenvalue weighted by Crippen LogP contribution is -2.46. The molecule has 1 atom stereocenters. The first-order valence-electron chi connectivity index (χ1n) is 12.1. The molecule has 5 heterocycles. The zero-order chi connectivity index (χ0) is 24.9. The second kappa shape index (κ2) is 10.7. The number of nitriles is 1. The summed E-state index contributed by atoms with van der Waals surface area (Å²) in [5.41, 5.74) is 4.10. The number of pyridine rings is 3. The van der Waals surface area contributed by atoms with Gasteiger partial charge in [-0.1, -0.05) is 6.07 Å². The molecule has 0 saturated carbocycles. The number of aromatic nitrogens is 4. The highest BCUT2D eigenvalue weighted by atomic mass is 16.5. The third kappa shape index (κ3) is 5.15. The molecule has 0 N–H and O–H groups in total. The van der Waals surface area contributed by atoms with Crippen molar-refractivity contribution < 1.29 is 9.47 Å². The predicted molar refractivity (Wildman–Crippen MR) is 137 cm³/mol. The van der Waals surface area contributed by atoms with Crippen LogP contribution in [0.1, 0.15) is 18.2 Å². The molecular weight excluding hydrogens is 454 g/mol. The van der Waals surface area contributed by atoms with Gasteiger partial charge >= 0.3 is 0 Å². The molecule has 1 unspecified atom stereocenters. The van der Waals surface area contributed by atoms with Crippen molar-refractivity contribution in [1.29, 1.82) is 5.26 Å². The summed E-state index contributed by atoms with van der Waals surface area (Å²) in [6.45, 7) is 6.96. The van der Waals surface area contributed by atoms with E-state index in [9.17, 15) is 5.26 Å². The van der Waals surface area contributed by atoms with Crippen LogP contribution in [0.25, 0.3) is 16.6 Å². The normalized spacial score (nSPS) is 15.1. The average Bonchev–Trinajstić information content (AvgIpc) is 3.35. The lowest BCUT2D eigenvalue weighted by Gasteiger charge is -2.35. The minimum absolute atomic E-state index is 0.0400. The van der Waals surface area contributed by atoms with E-state index in [1.807, 2.05) is 49.6 Å². The summed E-state index contributed by atoms with van der Waals surface area (Å²) in [5.74, 6) is 1.60. The lowest BCUT2D eigenvalue weighted by atomic mass is 10.1. The van der Waals surface area contributed by atoms with Crippen LogP contribution in [0.2, 0.25) is 0 Å². The minimum Gasteiger partial charge on any atom is -0.489 e. The number of rotatable bonds is 8. The number of methoxy groups -OCH3 is 1. The van der Waals surface area contributed by atoms with Gasteiger partial charge < -0.3 is 14.4 Å². The molecular formula is C27H29N7O2. The van der Waals surface area contributed by atoms with Gasteiger partial charge in [-0.15, -0.1) is 0 Å². The summed E-state index contributed by atoms with van der Waals surface area (Å²) in [6.07, 6.45) is 7.03. The molecule has 0 spiro atoms. The van der Waals surface area contributed by atoms with Crippen LogP contribution < -0.4 is 9.64 Å². The first-order valence-corrected chi connectivity index (χ1v) is 12.1. The molecule has 5 rings (SSSR count). The van der Waals surface area contributed by atoms with Gasteiger partial charge in [-0.2, -0.15) is 10.4 Å². The molecule has 1 saturated heterocycles. The number of ether oxygens (including phenoxy) is 2. The Morgan fingerprint density at radius 1 is 1.08 bits per heavy atom. The molecule has 4 aromatic rings. The van der Waals surface area contributed by atoms with Crippen LogP contribution >= 0.6 is 0 Å². The average molecular weight is 484 g/mol. The molecule has 0 aromatic carbocycles. The van der Waals surface area contributed by atoms with E-state index in [2.05, 4.69) is 32.0 Å². The molecule has 1 aliphatic rings. The summed E-state index contributed by atoms with van der Waals surface area (Å²) in [5, 5.41) is 14.0. The van der Waals surface area contributed by atoms with E-state index in [-0.39, 0.29) is 6.10 Å². The van der Waals surface area contributed by atoms with Gasteiger partial charge in [-0.05, 0) is 37.3 Å². The third-order valence-electron chi connectivity index (χ3n) is 6.46. The molecule has 9 heteroatoms. The molecule has 0 radical (unpaired) electrons. The lowest BCUT2D eigenvalue weighted by molar-refractivity contribution is 0.0715. The van der Waals surface area contributed by atoms with E-state index >= 15 is 0 Å². The Kier molecular flexibility index (Phi) is 7.07. The first-order chi connectivity index (χ1) is 17.6. The maximum atomic E-state index is 9.62. The van der Waals surface area contributed by atoms with Crippen LogP contribution in [-0.4, -0.2) is 70.5 Å². The molecule has 4 aromatic heterocycles. The molecule has 184 valence electrons. The largest absolute Gasteiger partial charge is 0.489 e. The fourth-order valence-corrected chi connectivity index (χ4v) is 4.35. The Hall–Kier alpha value is -4.00. The summed E-state index contributed by atoms with van der Waals surface area (Å²) in [7, 11) is 1.66. The molecule has 9 nitrogen and oxygen atoms in total. The fourth-order valence-electron chi connectivity index (χ4n) is 4.35. The molecule has 36 heavy (non-hydrogen) atoms. The smallest absolute Gasteiger partial charge is 0.138 e. The van der Waals surface area contributed by atoms with Gasteiger partial charge in [-0.3, -0.25) is 9.88 Å². The zero-order valence-electron chi connectivity index (χ0n) is 20.5. The van der Waals surface area contributed by atoms with E-state index in [0.717, 1.165) is 60.9 Å². The van der Waals surface area contributed by atoms with Crippen molar-refractivity contribution in [2.45, 2.75) is 19.6 Å². The monoisotopic (exact) mass is 483 g/mol. The zero-order valence-corrected chi connectivity index (χ0v) is 20.5. The quantitative estimate of drug-likeness (QED) is 0.377. The first kappa shape index (κ1) is 23.7. The molecule has 1 fully saturated rings. The van der Waals surface area contributed by atoms with Crippen LogP contribution in [0, 0.1) is 11.3 Å². The van der Waals surface area contributed by atoms with Crippen molar-refractivity contribution in [3.05, 3.63) is 72.4 Å². The number of nitrogens with zero attached hydrogens (tertiary/aromatic N) is 7. The summed E-state index contributed by atoms with van der Waals surface area (Å²) < 4.78 is 12.9. The van der Waals surface area contributed by atoms with Gasteiger partial charge in [0, 0.05) is 63.4 Å². The second-order valence-corrected chi connectivity index (χ2v) is 8.90. The Morgan fingerprint density at radius 3 is 2.64 bits per heavy atom. The summed E-state index contributed by atoms with van der Waals surface area (Å²) >= 11 is 0. The number of hydrogen-bond acceptors (Lipinski definition) is 8. The highest BCUT2D eigenvalue weighted by molar-refractivity contribution is 5.85. The van der Waals surface area contributed by atoms with E-state index in [0.29, 0.717) is 17.9 Å². The minimum atomic E-state index is -0.0400. The topological polar surface area (TPSA) is 91.8 Å². The maximum absolute atomic E-state index is 9.62. The van der Waals surface area contributed by atoms with Crippen molar-refractivity contribution in [2.75, 3.05) is 44.8 Å². The van der Waals surface area contributed by atoms with Crippen LogP contribution in [0.4, 0.5) is 5.82 Å². The highest BCUT2D eigenvalue weighted by Crippen LogP contribution is 2.31. The Balaban J connectivity index is 1.33. The number of hydrogen-bond donors (Lipinski definition) is 0. The van der Waals surface area contributed by atoms with Crippen molar-refractivity contribution in [3.63, 3.8) is 0 Å². The third-order valence-corrected chi connectivity index (χ3v) is 6.46. The van der Waals surface area contributed by atoms with Gasteiger partial charge in [0.25, 0.3) is 0 Å². The standard InChI is InChI=1S/C27H29N7O2/c1-20(35-2)19-36-24-13-25(27-22(14-28)16-31-34(27)18-24)21-6-7-26(30-15-21)33-11-9-32(10-12-33)17-23-5-3-4-8-29-23/h3-8,13,15-16,18,20H,9-12,17,19H2,1-2H3. The number of anilines is 1. The van der Waals surface area contributed by atoms with E-state index < -0.39 is 0 Å². The van der Waals surface area contributed by atoms with Crippen LogP contribution in [0.3, 0.4) is 0 Å².